The highest BCUT2D eigenvalue weighted by Gasteiger charge is 2.31. The molecule has 1 fully saturated rings. The molecule has 0 radical (unpaired) electrons. The molecule has 1 amide bonds. The van der Waals surface area contributed by atoms with Crippen LogP contribution in [0, 0.1) is 5.53 Å². The Kier molecular flexibility index (Phi) is 8.96. The summed E-state index contributed by atoms with van der Waals surface area (Å²) in [5.74, 6) is -1.09. The molecule has 4 rings (SSSR count). The number of carbonyl (C=O) groups excluding carboxylic acids is 1. The first kappa shape index (κ1) is 27.8. The molecule has 39 heavy (non-hydrogen) atoms. The Bertz CT molecular complexity index is 1270. The Hall–Kier alpha value is -4.21. The number of ether oxygens (including phenoxy) is 1. The number of alkyl halides is 3. The molecule has 0 saturated heterocycles. The Labute approximate surface area is 225 Å². The monoisotopic (exact) mass is 536 g/mol. The first-order chi connectivity index (χ1) is 18.7. The van der Waals surface area contributed by atoms with Crippen LogP contribution in [0.2, 0.25) is 0 Å². The third-order valence-electron chi connectivity index (χ3n) is 6.79. The van der Waals surface area contributed by atoms with Gasteiger partial charge in [0.15, 0.2) is 0 Å². The maximum atomic E-state index is 12.6. The van der Waals surface area contributed by atoms with E-state index in [1.54, 1.807) is 36.4 Å². The van der Waals surface area contributed by atoms with Crippen molar-refractivity contribution in [3.63, 3.8) is 0 Å². The molecule has 1 aliphatic rings. The van der Waals surface area contributed by atoms with E-state index in [1.807, 2.05) is 0 Å². The van der Waals surface area contributed by atoms with E-state index >= 15 is 0 Å². The average molecular weight is 537 g/mol. The van der Waals surface area contributed by atoms with Crippen LogP contribution in [-0.2, 0) is 13.1 Å². The minimum Gasteiger partial charge on any atom is -0.406 e. The SMILES string of the molecule is [N-]=C(N=N)NC(=O)c1ccc(CN(Cc2ccc(OC(F)(F)F)cc2)c2ccc(C3CCCCC3)cc2)cc1. The lowest BCUT2D eigenvalue weighted by molar-refractivity contribution is -0.274. The van der Waals surface area contributed by atoms with Gasteiger partial charge in [0, 0.05) is 30.3 Å². The van der Waals surface area contributed by atoms with Gasteiger partial charge in [-0.1, -0.05) is 67.8 Å². The normalized spacial score (nSPS) is 13.9. The molecule has 1 aliphatic carbocycles. The molecule has 2 N–H and O–H groups in total. The molecule has 10 heteroatoms. The van der Waals surface area contributed by atoms with Crippen LogP contribution >= 0.6 is 0 Å². The van der Waals surface area contributed by atoms with Crippen molar-refractivity contribution in [2.45, 2.75) is 57.5 Å². The molecule has 0 spiro atoms. The molecule has 0 aliphatic heterocycles. The van der Waals surface area contributed by atoms with Gasteiger partial charge >= 0.3 is 6.36 Å². The Balaban J connectivity index is 1.53. The van der Waals surface area contributed by atoms with Gasteiger partial charge in [0.05, 0.1) is 0 Å². The topological polar surface area (TPSA) is 100 Å². The van der Waals surface area contributed by atoms with Gasteiger partial charge in [-0.25, -0.2) is 0 Å². The zero-order valence-electron chi connectivity index (χ0n) is 21.2. The van der Waals surface area contributed by atoms with Crippen LogP contribution in [0.15, 0.2) is 77.9 Å². The number of nitrogens with one attached hydrogen (secondary N) is 2. The van der Waals surface area contributed by atoms with E-state index < -0.39 is 18.2 Å². The molecule has 0 heterocycles. The number of rotatable bonds is 8. The van der Waals surface area contributed by atoms with Crippen molar-refractivity contribution in [1.29, 1.82) is 5.53 Å². The molecule has 204 valence electrons. The summed E-state index contributed by atoms with van der Waals surface area (Å²) in [6.45, 7) is 0.913. The number of hydrogen-bond acceptors (Lipinski definition) is 4. The lowest BCUT2D eigenvalue weighted by atomic mass is 9.84. The summed E-state index contributed by atoms with van der Waals surface area (Å²) in [7, 11) is 0. The highest BCUT2D eigenvalue weighted by Crippen LogP contribution is 2.34. The van der Waals surface area contributed by atoms with E-state index in [4.69, 9.17) is 5.53 Å². The predicted octanol–water partition coefficient (Wildman–Crippen LogP) is 7.53. The molecular weight excluding hydrogens is 507 g/mol. The van der Waals surface area contributed by atoms with E-state index in [9.17, 15) is 23.4 Å². The van der Waals surface area contributed by atoms with Gasteiger partial charge in [0.2, 0.25) is 5.91 Å². The second-order valence-electron chi connectivity index (χ2n) is 9.56. The smallest absolute Gasteiger partial charge is 0.406 e. The predicted molar refractivity (Wildman–Crippen MR) is 143 cm³/mol. The minimum absolute atomic E-state index is 0.273. The van der Waals surface area contributed by atoms with Crippen molar-refractivity contribution < 1.29 is 22.7 Å². The van der Waals surface area contributed by atoms with E-state index in [1.165, 1.54) is 49.8 Å². The summed E-state index contributed by atoms with van der Waals surface area (Å²) in [6.07, 6.45) is 1.42. The van der Waals surface area contributed by atoms with Gasteiger partial charge < -0.3 is 20.4 Å². The molecule has 0 atom stereocenters. The van der Waals surface area contributed by atoms with Crippen LogP contribution < -0.4 is 15.0 Å². The molecule has 0 bridgehead atoms. The van der Waals surface area contributed by atoms with Gasteiger partial charge in [0.25, 0.3) is 0 Å². The molecule has 7 nitrogen and oxygen atoms in total. The van der Waals surface area contributed by atoms with Crippen LogP contribution in [0.1, 0.15) is 65.1 Å². The highest BCUT2D eigenvalue weighted by atomic mass is 19.4. The van der Waals surface area contributed by atoms with Crippen LogP contribution in [0.3, 0.4) is 0 Å². The van der Waals surface area contributed by atoms with E-state index in [0.717, 1.165) is 16.8 Å². The van der Waals surface area contributed by atoms with Gasteiger partial charge in [-0.2, -0.15) is 0 Å². The quantitative estimate of drug-likeness (QED) is 0.177. The number of benzene rings is 3. The van der Waals surface area contributed by atoms with Crippen molar-refractivity contribution in [3.05, 3.63) is 100 Å². The number of guanidine groups is 1. The molecular formula is C29H29F3N5O2-. The van der Waals surface area contributed by atoms with Crippen molar-refractivity contribution in [2.75, 3.05) is 4.90 Å². The molecule has 1 saturated carbocycles. The Morgan fingerprint density at radius 1 is 0.923 bits per heavy atom. The van der Waals surface area contributed by atoms with Gasteiger partial charge in [-0.15, -0.1) is 13.2 Å². The number of hydrogen-bond donors (Lipinski definition) is 2. The fourth-order valence-electron chi connectivity index (χ4n) is 4.83. The van der Waals surface area contributed by atoms with E-state index in [-0.39, 0.29) is 11.3 Å². The average Bonchev–Trinajstić information content (AvgIpc) is 2.94. The van der Waals surface area contributed by atoms with Crippen LogP contribution in [0.4, 0.5) is 18.9 Å². The number of nitrogens with zero attached hydrogens (tertiary/aromatic N) is 3. The summed E-state index contributed by atoms with van der Waals surface area (Å²) in [6, 6.07) is 21.1. The number of carbonyl (C=O) groups is 1. The summed E-state index contributed by atoms with van der Waals surface area (Å²) >= 11 is 0. The maximum Gasteiger partial charge on any atom is 0.573 e. The van der Waals surface area contributed by atoms with Crippen molar-refractivity contribution in [1.82, 2.24) is 5.32 Å². The van der Waals surface area contributed by atoms with Crippen LogP contribution in [0.25, 0.3) is 5.41 Å². The highest BCUT2D eigenvalue weighted by molar-refractivity contribution is 6.06. The standard InChI is InChI=1S/C29H29F3N5O2/c30-29(31,32)39-26-16-8-21(9-17-26)19-37(25-14-12-23(13-15-25)22-4-2-1-3-5-22)18-20-6-10-24(11-7-20)27(38)35-28(33)36-34/h6-17,22,34H,1-5,18-19H2,(H-,33,35,38)/q-1. The third kappa shape index (κ3) is 8.13. The lowest BCUT2D eigenvalue weighted by Gasteiger charge is -2.27. The Morgan fingerprint density at radius 2 is 1.49 bits per heavy atom. The third-order valence-corrected chi connectivity index (χ3v) is 6.79. The van der Waals surface area contributed by atoms with Crippen molar-refractivity contribution in [3.8, 4) is 5.75 Å². The summed E-state index contributed by atoms with van der Waals surface area (Å²) in [5.41, 5.74) is 11.0. The molecule has 0 unspecified atom stereocenters. The van der Waals surface area contributed by atoms with Crippen molar-refractivity contribution in [2.24, 2.45) is 5.11 Å². The lowest BCUT2D eigenvalue weighted by Crippen LogP contribution is -2.27. The second-order valence-corrected chi connectivity index (χ2v) is 9.56. The van der Waals surface area contributed by atoms with Gasteiger partial charge in [-0.05, 0) is 59.7 Å². The zero-order chi connectivity index (χ0) is 27.8. The fraction of sp³-hybridized carbons (Fsp3) is 0.310. The molecule has 3 aromatic rings. The summed E-state index contributed by atoms with van der Waals surface area (Å²) < 4.78 is 41.7. The molecule has 3 aromatic carbocycles. The first-order valence-electron chi connectivity index (χ1n) is 12.7. The number of amides is 1. The fourth-order valence-corrected chi connectivity index (χ4v) is 4.83. The number of anilines is 1. The van der Waals surface area contributed by atoms with Crippen LogP contribution in [-0.4, -0.2) is 18.2 Å². The van der Waals surface area contributed by atoms with Crippen molar-refractivity contribution >= 4 is 17.6 Å². The van der Waals surface area contributed by atoms with Crippen LogP contribution in [0.5, 0.6) is 5.75 Å². The number of halogens is 3. The second kappa shape index (κ2) is 12.6. The van der Waals surface area contributed by atoms with E-state index in [2.05, 4.69) is 44.3 Å². The zero-order valence-corrected chi connectivity index (χ0v) is 21.2. The maximum absolute atomic E-state index is 12.6. The van der Waals surface area contributed by atoms with Gasteiger partial charge in [-0.3, -0.25) is 15.4 Å². The first-order valence-corrected chi connectivity index (χ1v) is 12.7. The summed E-state index contributed by atoms with van der Waals surface area (Å²) in [5, 5.41) is 14.1. The minimum atomic E-state index is -4.75. The molecule has 0 aromatic heterocycles. The van der Waals surface area contributed by atoms with Gasteiger partial charge in [0.1, 0.15) is 5.75 Å². The van der Waals surface area contributed by atoms with E-state index in [0.29, 0.717) is 19.0 Å². The summed E-state index contributed by atoms with van der Waals surface area (Å²) in [4.78, 5) is 14.3. The Morgan fingerprint density at radius 3 is 2.03 bits per heavy atom. The largest absolute Gasteiger partial charge is 0.573 e.